The molecule has 0 spiro atoms. The lowest BCUT2D eigenvalue weighted by Gasteiger charge is -2.32. The minimum atomic E-state index is -0.240. The number of halogens is 1. The first-order chi connectivity index (χ1) is 16.1. The third-order valence-corrected chi connectivity index (χ3v) is 6.63. The average Bonchev–Trinajstić information content (AvgIpc) is 3.19. The molecule has 3 amide bonds. The van der Waals surface area contributed by atoms with E-state index >= 15 is 0 Å². The van der Waals surface area contributed by atoms with Crippen LogP contribution in [0.25, 0.3) is 0 Å². The van der Waals surface area contributed by atoms with Crippen LogP contribution in [0, 0.1) is 11.3 Å². The Hall–Kier alpha value is -3.18. The van der Waals surface area contributed by atoms with Gasteiger partial charge in [0.15, 0.2) is 11.1 Å². The number of thiazole rings is 1. The van der Waals surface area contributed by atoms with Crippen LogP contribution in [0.5, 0.6) is 0 Å². The molecule has 190 valence electrons. The Morgan fingerprint density at radius 2 is 1.77 bits per heavy atom. The van der Waals surface area contributed by atoms with Gasteiger partial charge >= 0.3 is 0 Å². The zero-order chi connectivity index (χ0) is 24.8. The second-order valence-corrected chi connectivity index (χ2v) is 9.51. The van der Waals surface area contributed by atoms with E-state index in [1.807, 2.05) is 24.3 Å². The molecule has 5 N–H and O–H groups in total. The molecule has 1 aromatic heterocycles. The van der Waals surface area contributed by atoms with Crippen LogP contribution in [0.15, 0.2) is 24.3 Å². The molecule has 1 aliphatic heterocycles. The fourth-order valence-corrected chi connectivity index (χ4v) is 4.93. The smallest absolute Gasteiger partial charge is 0.265 e. The van der Waals surface area contributed by atoms with Crippen LogP contribution >= 0.6 is 23.7 Å². The number of guanidine groups is 1. The van der Waals surface area contributed by atoms with E-state index in [4.69, 9.17) is 11.1 Å². The number of amides is 3. The summed E-state index contributed by atoms with van der Waals surface area (Å²) in [6.07, 6.45) is 2.46. The normalized spacial score (nSPS) is 13.5. The van der Waals surface area contributed by atoms with E-state index in [0.717, 1.165) is 11.3 Å². The Morgan fingerprint density at radius 1 is 1.14 bits per heavy atom. The van der Waals surface area contributed by atoms with E-state index in [2.05, 4.69) is 15.6 Å². The maximum atomic E-state index is 13.3. The number of hydrogen-bond acceptors (Lipinski definition) is 6. The number of hydrogen-bond donors (Lipinski definition) is 4. The minimum absolute atomic E-state index is 0. The number of nitrogens with two attached hydrogens (primary N) is 1. The lowest BCUT2D eigenvalue weighted by molar-refractivity contribution is -0.134. The van der Waals surface area contributed by atoms with Gasteiger partial charge in [-0.1, -0.05) is 23.5 Å². The SMILES string of the molecule is CC(=O)Nc1nc(CCc2ccc(NC(=N)N)cc2)c(C(=O)N2CCC(C(=O)N(C)C)CC2)s1.Cl. The first kappa shape index (κ1) is 28.1. The molecule has 1 saturated heterocycles. The largest absolute Gasteiger partial charge is 0.370 e. The van der Waals surface area contributed by atoms with Gasteiger partial charge in [-0.25, -0.2) is 4.98 Å². The van der Waals surface area contributed by atoms with Gasteiger partial charge in [-0.05, 0) is 43.4 Å². The second kappa shape index (κ2) is 12.5. The van der Waals surface area contributed by atoms with Crippen molar-refractivity contribution in [2.75, 3.05) is 37.8 Å². The van der Waals surface area contributed by atoms with Gasteiger partial charge in [0.1, 0.15) is 4.88 Å². The maximum absolute atomic E-state index is 13.3. The topological polar surface area (TPSA) is 145 Å². The summed E-state index contributed by atoms with van der Waals surface area (Å²) in [4.78, 5) is 45.6. The van der Waals surface area contributed by atoms with Gasteiger partial charge in [0.25, 0.3) is 5.91 Å². The Balaban J connectivity index is 0.00000432. The number of aryl methyl sites for hydroxylation is 2. The van der Waals surface area contributed by atoms with Crippen molar-refractivity contribution < 1.29 is 14.4 Å². The highest BCUT2D eigenvalue weighted by Crippen LogP contribution is 2.28. The van der Waals surface area contributed by atoms with E-state index in [1.165, 1.54) is 18.3 Å². The molecule has 0 radical (unpaired) electrons. The molecule has 0 atom stereocenters. The fraction of sp³-hybridized carbons (Fsp3) is 0.435. The zero-order valence-electron chi connectivity index (χ0n) is 20.1. The van der Waals surface area contributed by atoms with Gasteiger partial charge in [0, 0.05) is 45.7 Å². The molecule has 0 saturated carbocycles. The lowest BCUT2D eigenvalue weighted by Crippen LogP contribution is -2.42. The van der Waals surface area contributed by atoms with Crippen LogP contribution in [-0.2, 0) is 22.4 Å². The second-order valence-electron chi connectivity index (χ2n) is 8.51. The highest BCUT2D eigenvalue weighted by molar-refractivity contribution is 7.17. The van der Waals surface area contributed by atoms with Gasteiger partial charge in [-0.2, -0.15) is 0 Å². The molecular weight excluding hydrogens is 490 g/mol. The third-order valence-electron chi connectivity index (χ3n) is 5.63. The van der Waals surface area contributed by atoms with Crippen molar-refractivity contribution in [2.24, 2.45) is 11.7 Å². The van der Waals surface area contributed by atoms with E-state index in [-0.39, 0.29) is 42.0 Å². The number of rotatable bonds is 7. The van der Waals surface area contributed by atoms with Gasteiger partial charge in [0.2, 0.25) is 11.8 Å². The fourth-order valence-electron chi connectivity index (χ4n) is 3.90. The molecule has 2 aromatic rings. The summed E-state index contributed by atoms with van der Waals surface area (Å²) in [7, 11) is 3.50. The summed E-state index contributed by atoms with van der Waals surface area (Å²) < 4.78 is 0. The lowest BCUT2D eigenvalue weighted by atomic mass is 9.95. The summed E-state index contributed by atoms with van der Waals surface area (Å²) in [5.41, 5.74) is 7.78. The summed E-state index contributed by atoms with van der Waals surface area (Å²) in [5.74, 6) is -0.436. The Labute approximate surface area is 215 Å². The van der Waals surface area contributed by atoms with Crippen LogP contribution in [-0.4, -0.2) is 65.6 Å². The van der Waals surface area contributed by atoms with Crippen LogP contribution in [0.3, 0.4) is 0 Å². The van der Waals surface area contributed by atoms with Crippen LogP contribution in [0.2, 0.25) is 0 Å². The number of nitrogens with one attached hydrogen (secondary N) is 3. The average molecular weight is 522 g/mol. The van der Waals surface area contributed by atoms with Crippen molar-refractivity contribution in [1.82, 2.24) is 14.8 Å². The standard InChI is InChI=1S/C23H31N7O3S.ClH/c1-14(31)26-23-28-18(9-6-15-4-7-17(8-5-15)27-22(24)25)19(34-23)21(33)30-12-10-16(11-13-30)20(32)29(2)3;/h4-5,7-8,16H,6,9-13H2,1-3H3,(H4,24,25,27)(H,26,28,31);1H. The molecule has 2 heterocycles. The Morgan fingerprint density at radius 3 is 2.31 bits per heavy atom. The molecule has 0 bridgehead atoms. The predicted octanol–water partition coefficient (Wildman–Crippen LogP) is 2.55. The van der Waals surface area contributed by atoms with Crippen molar-refractivity contribution in [3.63, 3.8) is 0 Å². The number of aromatic nitrogens is 1. The Kier molecular flexibility index (Phi) is 10.0. The molecule has 3 rings (SSSR count). The summed E-state index contributed by atoms with van der Waals surface area (Å²) in [5, 5.41) is 13.1. The van der Waals surface area contributed by atoms with Gasteiger partial charge < -0.3 is 26.2 Å². The molecule has 10 nitrogen and oxygen atoms in total. The van der Waals surface area contributed by atoms with Crippen molar-refractivity contribution in [3.8, 4) is 0 Å². The molecule has 0 aliphatic carbocycles. The van der Waals surface area contributed by atoms with Gasteiger partial charge in [-0.15, -0.1) is 12.4 Å². The molecule has 12 heteroatoms. The summed E-state index contributed by atoms with van der Waals surface area (Å²) in [6.45, 7) is 2.44. The van der Waals surface area contributed by atoms with Crippen molar-refractivity contribution >= 4 is 58.2 Å². The summed E-state index contributed by atoms with van der Waals surface area (Å²) >= 11 is 1.19. The molecule has 1 aromatic carbocycles. The molecule has 0 unspecified atom stereocenters. The van der Waals surface area contributed by atoms with E-state index in [0.29, 0.717) is 54.5 Å². The number of piperidine rings is 1. The van der Waals surface area contributed by atoms with Crippen molar-refractivity contribution in [1.29, 1.82) is 5.41 Å². The molecule has 1 aliphatic rings. The van der Waals surface area contributed by atoms with E-state index in [1.54, 1.807) is 23.9 Å². The molecular formula is C23H32ClN7O3S. The van der Waals surface area contributed by atoms with Crippen LogP contribution in [0.1, 0.15) is 40.7 Å². The highest BCUT2D eigenvalue weighted by Gasteiger charge is 2.30. The number of anilines is 2. The third kappa shape index (κ3) is 7.66. The molecule has 35 heavy (non-hydrogen) atoms. The highest BCUT2D eigenvalue weighted by atomic mass is 35.5. The zero-order valence-corrected chi connectivity index (χ0v) is 21.7. The number of carbonyl (C=O) groups excluding carboxylic acids is 3. The summed E-state index contributed by atoms with van der Waals surface area (Å²) in [6, 6.07) is 7.54. The van der Waals surface area contributed by atoms with Crippen molar-refractivity contribution in [3.05, 3.63) is 40.4 Å². The number of carbonyl (C=O) groups is 3. The predicted molar refractivity (Wildman–Crippen MR) is 140 cm³/mol. The Bertz CT molecular complexity index is 1060. The number of nitrogens with zero attached hydrogens (tertiary/aromatic N) is 3. The van der Waals surface area contributed by atoms with E-state index < -0.39 is 0 Å². The van der Waals surface area contributed by atoms with Crippen LogP contribution in [0.4, 0.5) is 10.8 Å². The van der Waals surface area contributed by atoms with Gasteiger partial charge in [0.05, 0.1) is 5.69 Å². The van der Waals surface area contributed by atoms with Gasteiger partial charge in [-0.3, -0.25) is 19.8 Å². The van der Waals surface area contributed by atoms with Crippen molar-refractivity contribution in [2.45, 2.75) is 32.6 Å². The van der Waals surface area contributed by atoms with E-state index in [9.17, 15) is 14.4 Å². The number of benzene rings is 1. The minimum Gasteiger partial charge on any atom is -0.370 e. The first-order valence-electron chi connectivity index (χ1n) is 11.1. The maximum Gasteiger partial charge on any atom is 0.265 e. The molecule has 1 fully saturated rings. The van der Waals surface area contributed by atoms with Crippen LogP contribution < -0.4 is 16.4 Å². The first-order valence-corrected chi connectivity index (χ1v) is 11.9. The quantitative estimate of drug-likeness (QED) is 0.325. The number of likely N-dealkylation sites (tertiary alicyclic amines) is 1. The monoisotopic (exact) mass is 521 g/mol.